The van der Waals surface area contributed by atoms with Crippen LogP contribution in [0.3, 0.4) is 0 Å². The third-order valence-corrected chi connectivity index (χ3v) is 1.33. The van der Waals surface area contributed by atoms with Crippen LogP contribution in [0.2, 0.25) is 0 Å². The molecule has 0 saturated carbocycles. The molecule has 1 rings (SSSR count). The number of aliphatic hydroxyl groups excluding tert-OH is 4. The molecule has 0 amide bonds. The lowest BCUT2D eigenvalue weighted by Gasteiger charge is -2.13. The van der Waals surface area contributed by atoms with E-state index in [1.54, 1.807) is 0 Å². The van der Waals surface area contributed by atoms with E-state index in [-0.39, 0.29) is 0 Å². The first-order valence-electron chi connectivity index (χ1n) is 3.58. The molecule has 0 aliphatic carbocycles. The van der Waals surface area contributed by atoms with Crippen molar-refractivity contribution >= 4 is 5.97 Å². The zero-order chi connectivity index (χ0) is 10.2. The predicted octanol–water partition coefficient (Wildman–Crippen LogP) is -1.41. The molecular weight excluding hydrogens is 168 g/mol. The van der Waals surface area contributed by atoms with Crippen LogP contribution in [0.1, 0.15) is 1.37 Å². The third-order valence-electron chi connectivity index (χ3n) is 1.33. The molecule has 1 heterocycles. The van der Waals surface area contributed by atoms with Gasteiger partial charge in [-0.1, -0.05) is 0 Å². The molecule has 1 aliphatic heterocycles. The van der Waals surface area contributed by atoms with Gasteiger partial charge in [0.1, 0.15) is 6.10 Å². The fourth-order valence-corrected chi connectivity index (χ4v) is 0.719. The first kappa shape index (κ1) is 7.38. The van der Waals surface area contributed by atoms with E-state index in [1.165, 1.54) is 0 Å². The van der Waals surface area contributed by atoms with Crippen LogP contribution in [-0.4, -0.2) is 45.2 Å². The minimum atomic E-state index is -2.50. The highest BCUT2D eigenvalue weighted by molar-refractivity contribution is 5.89. The van der Waals surface area contributed by atoms with Gasteiger partial charge in [0.05, 0.1) is 7.98 Å². The number of rotatable bonds is 2. The smallest absolute Gasteiger partial charge is 0.377 e. The average molecular weight is 177 g/mol. The average Bonchev–Trinajstić information content (AvgIpc) is 2.30. The van der Waals surface area contributed by atoms with Gasteiger partial charge in [-0.05, 0) is 0 Å². The summed E-state index contributed by atoms with van der Waals surface area (Å²) in [6, 6.07) is 0. The van der Waals surface area contributed by atoms with Crippen LogP contribution in [0, 0.1) is 0 Å². The van der Waals surface area contributed by atoms with E-state index in [0.717, 1.165) is 0 Å². The molecule has 0 radical (unpaired) electrons. The van der Waals surface area contributed by atoms with Gasteiger partial charge >= 0.3 is 5.97 Å². The maximum Gasteiger partial charge on any atom is 0.377 e. The first-order valence-corrected chi connectivity index (χ1v) is 3.08. The van der Waals surface area contributed by atoms with Crippen molar-refractivity contribution in [1.82, 2.24) is 0 Å². The van der Waals surface area contributed by atoms with E-state index in [4.69, 9.17) is 21.8 Å². The van der Waals surface area contributed by atoms with Crippen molar-refractivity contribution in [1.29, 1.82) is 0 Å². The highest BCUT2D eigenvalue weighted by Gasteiger charge is 2.38. The summed E-state index contributed by atoms with van der Waals surface area (Å²) in [6.07, 6.45) is -4.31. The molecule has 0 bridgehead atoms. The molecule has 0 aromatic heterocycles. The maximum absolute atomic E-state index is 10.6. The molecule has 0 aromatic rings. The standard InChI is InChI=1S/C6H8O6/c7-1-2(8)5-3(9)4(10)6(11)12-5/h2,5,7-10H,1H2/t2-,5+/m0/s1/i5D. The van der Waals surface area contributed by atoms with Crippen molar-refractivity contribution in [3.63, 3.8) is 0 Å². The molecule has 2 atom stereocenters. The summed E-state index contributed by atoms with van der Waals surface area (Å²) in [6.45, 7) is -0.881. The zero-order valence-electron chi connectivity index (χ0n) is 6.89. The van der Waals surface area contributed by atoms with Crippen LogP contribution in [-0.2, 0) is 9.53 Å². The fraction of sp³-hybridized carbons (Fsp3) is 0.500. The van der Waals surface area contributed by atoms with Crippen molar-refractivity contribution in [2.75, 3.05) is 6.61 Å². The summed E-state index contributed by atoms with van der Waals surface area (Å²) in [7, 11) is 0. The second kappa shape index (κ2) is 3.00. The summed E-state index contributed by atoms with van der Waals surface area (Å²) in [4.78, 5) is 10.6. The largest absolute Gasteiger partial charge is 0.505 e. The van der Waals surface area contributed by atoms with Gasteiger partial charge in [0.15, 0.2) is 11.8 Å². The fourth-order valence-electron chi connectivity index (χ4n) is 0.719. The molecule has 6 nitrogen and oxygen atoms in total. The minimum absolute atomic E-state index is 0.881. The number of cyclic esters (lactones) is 1. The normalized spacial score (nSPS) is 33.2. The number of carbonyl (C=O) groups excluding carboxylic acids is 1. The van der Waals surface area contributed by atoms with E-state index >= 15 is 0 Å². The number of carbonyl (C=O) groups is 1. The second-order valence-electron chi connectivity index (χ2n) is 2.15. The van der Waals surface area contributed by atoms with Gasteiger partial charge in [0.25, 0.3) is 0 Å². The summed E-state index contributed by atoms with van der Waals surface area (Å²) in [5.74, 6) is -3.53. The molecule has 0 fully saturated rings. The van der Waals surface area contributed by atoms with Gasteiger partial charge in [0, 0.05) is 0 Å². The van der Waals surface area contributed by atoms with Crippen LogP contribution in [0.4, 0.5) is 0 Å². The Hall–Kier alpha value is -1.27. The van der Waals surface area contributed by atoms with Crippen LogP contribution in [0.25, 0.3) is 0 Å². The number of esters is 1. The Balaban J connectivity index is 3.03. The lowest BCUT2D eigenvalue weighted by molar-refractivity contribution is -0.147. The number of hydrogen-bond acceptors (Lipinski definition) is 6. The predicted molar refractivity (Wildman–Crippen MR) is 35.3 cm³/mol. The Labute approximate surface area is 68.7 Å². The van der Waals surface area contributed by atoms with Crippen molar-refractivity contribution in [3.8, 4) is 0 Å². The second-order valence-corrected chi connectivity index (χ2v) is 2.15. The highest BCUT2D eigenvalue weighted by atomic mass is 16.6. The molecule has 0 spiro atoms. The van der Waals surface area contributed by atoms with Crippen LogP contribution < -0.4 is 0 Å². The Morgan fingerprint density at radius 2 is 2.25 bits per heavy atom. The SMILES string of the molecule is [2H][C@]1([C@@H](O)CO)OC(=O)C(O)=C1O. The van der Waals surface area contributed by atoms with Gasteiger partial charge < -0.3 is 25.2 Å². The maximum atomic E-state index is 10.6. The van der Waals surface area contributed by atoms with Gasteiger partial charge in [-0.2, -0.15) is 0 Å². The minimum Gasteiger partial charge on any atom is -0.505 e. The number of hydrogen-bond donors (Lipinski definition) is 4. The summed E-state index contributed by atoms with van der Waals surface area (Å²) in [5, 5.41) is 35.3. The summed E-state index contributed by atoms with van der Waals surface area (Å²) >= 11 is 0. The van der Waals surface area contributed by atoms with Gasteiger partial charge in [-0.3, -0.25) is 0 Å². The lowest BCUT2D eigenvalue weighted by atomic mass is 10.2. The van der Waals surface area contributed by atoms with Crippen molar-refractivity contribution < 1.29 is 31.3 Å². The summed E-state index contributed by atoms with van der Waals surface area (Å²) in [5.41, 5.74) is 0. The van der Waals surface area contributed by atoms with E-state index in [1.807, 2.05) is 0 Å². The van der Waals surface area contributed by atoms with E-state index < -0.39 is 36.3 Å². The Kier molecular flexibility index (Phi) is 1.84. The molecule has 0 aromatic carbocycles. The molecule has 6 heteroatoms. The quantitative estimate of drug-likeness (QED) is 0.386. The van der Waals surface area contributed by atoms with Crippen molar-refractivity contribution in [2.24, 2.45) is 0 Å². The van der Waals surface area contributed by atoms with Crippen molar-refractivity contribution in [2.45, 2.75) is 12.2 Å². The number of ether oxygens (including phenoxy) is 1. The topological polar surface area (TPSA) is 107 Å². The molecule has 1 aliphatic rings. The van der Waals surface area contributed by atoms with Gasteiger partial charge in [-0.25, -0.2) is 4.79 Å². The van der Waals surface area contributed by atoms with Crippen molar-refractivity contribution in [3.05, 3.63) is 11.5 Å². The molecule has 4 N–H and O–H groups in total. The first-order chi connectivity index (χ1) is 5.93. The Bertz CT molecular complexity index is 274. The monoisotopic (exact) mass is 177 g/mol. The van der Waals surface area contributed by atoms with Crippen LogP contribution >= 0.6 is 0 Å². The van der Waals surface area contributed by atoms with Crippen LogP contribution in [0.15, 0.2) is 11.5 Å². The molecule has 0 unspecified atom stereocenters. The highest BCUT2D eigenvalue weighted by Crippen LogP contribution is 2.20. The van der Waals surface area contributed by atoms with Gasteiger partial charge in [-0.15, -0.1) is 0 Å². The third kappa shape index (κ3) is 1.21. The van der Waals surface area contributed by atoms with E-state index in [9.17, 15) is 4.79 Å². The van der Waals surface area contributed by atoms with Crippen LogP contribution in [0.5, 0.6) is 0 Å². The molecule has 0 saturated heterocycles. The van der Waals surface area contributed by atoms with E-state index in [2.05, 4.69) is 4.74 Å². The molecule has 12 heavy (non-hydrogen) atoms. The number of aliphatic hydroxyl groups is 4. The summed E-state index contributed by atoms with van der Waals surface area (Å²) < 4.78 is 11.4. The van der Waals surface area contributed by atoms with Gasteiger partial charge in [0.2, 0.25) is 5.76 Å². The zero-order valence-corrected chi connectivity index (χ0v) is 5.89. The Morgan fingerprint density at radius 1 is 1.67 bits per heavy atom. The van der Waals surface area contributed by atoms with E-state index in [0.29, 0.717) is 0 Å². The lowest BCUT2D eigenvalue weighted by Crippen LogP contribution is -2.31. The Morgan fingerprint density at radius 3 is 2.58 bits per heavy atom. The molecular formula is C6H8O6. The molecule has 68 valence electrons.